The third kappa shape index (κ3) is 4.04. The topological polar surface area (TPSA) is 43.2 Å². The molecular formula is C16H28N4O. The van der Waals surface area contributed by atoms with Gasteiger partial charge in [0, 0.05) is 25.0 Å². The Morgan fingerprint density at radius 3 is 2.81 bits per heavy atom. The summed E-state index contributed by atoms with van der Waals surface area (Å²) in [7, 11) is 0. The molecule has 0 aromatic carbocycles. The molecule has 2 fully saturated rings. The standard InChI is InChI=1S/C16H28N4O/c1-16(2,3)21-10-9-19-8-4-5-13(11-19)15-18-17-12-20(15)14-6-7-14/h12-14H,4-11H2,1-3H3/t13-/m0/s1. The molecule has 1 aromatic rings. The summed E-state index contributed by atoms with van der Waals surface area (Å²) in [5, 5.41) is 8.56. The summed E-state index contributed by atoms with van der Waals surface area (Å²) >= 11 is 0. The van der Waals surface area contributed by atoms with E-state index in [0.29, 0.717) is 12.0 Å². The lowest BCUT2D eigenvalue weighted by Crippen LogP contribution is -2.38. The summed E-state index contributed by atoms with van der Waals surface area (Å²) < 4.78 is 8.17. The number of likely N-dealkylation sites (tertiary alicyclic amines) is 1. The molecule has 1 aliphatic heterocycles. The largest absolute Gasteiger partial charge is 0.375 e. The Labute approximate surface area is 127 Å². The number of aromatic nitrogens is 3. The third-order valence-corrected chi connectivity index (χ3v) is 4.35. The molecule has 2 heterocycles. The molecule has 1 aromatic heterocycles. The summed E-state index contributed by atoms with van der Waals surface area (Å²) in [5.74, 6) is 1.75. The van der Waals surface area contributed by atoms with E-state index in [9.17, 15) is 0 Å². The van der Waals surface area contributed by atoms with E-state index in [-0.39, 0.29) is 5.60 Å². The van der Waals surface area contributed by atoms with Crippen molar-refractivity contribution < 1.29 is 4.74 Å². The fourth-order valence-electron chi connectivity index (χ4n) is 3.13. The summed E-state index contributed by atoms with van der Waals surface area (Å²) in [6.45, 7) is 10.5. The molecule has 0 spiro atoms. The second-order valence-corrected chi connectivity index (χ2v) is 7.43. The summed E-state index contributed by atoms with van der Waals surface area (Å²) in [4.78, 5) is 2.52. The first-order valence-corrected chi connectivity index (χ1v) is 8.28. The van der Waals surface area contributed by atoms with E-state index in [4.69, 9.17) is 4.74 Å². The maximum atomic E-state index is 5.86. The van der Waals surface area contributed by atoms with Gasteiger partial charge in [-0.1, -0.05) is 0 Å². The average molecular weight is 292 g/mol. The first kappa shape index (κ1) is 15.0. The Bertz CT molecular complexity index is 461. The molecule has 21 heavy (non-hydrogen) atoms. The van der Waals surface area contributed by atoms with Crippen molar-refractivity contribution in [2.75, 3.05) is 26.2 Å². The molecule has 0 amide bonds. The quantitative estimate of drug-likeness (QED) is 0.836. The third-order valence-electron chi connectivity index (χ3n) is 4.35. The van der Waals surface area contributed by atoms with E-state index >= 15 is 0 Å². The van der Waals surface area contributed by atoms with E-state index in [1.165, 1.54) is 38.1 Å². The van der Waals surface area contributed by atoms with Crippen LogP contribution < -0.4 is 0 Å². The molecule has 5 heteroatoms. The number of hydrogen-bond acceptors (Lipinski definition) is 4. The molecule has 0 unspecified atom stereocenters. The van der Waals surface area contributed by atoms with Gasteiger partial charge in [-0.05, 0) is 53.0 Å². The van der Waals surface area contributed by atoms with Crippen LogP contribution >= 0.6 is 0 Å². The second kappa shape index (κ2) is 6.05. The fourth-order valence-corrected chi connectivity index (χ4v) is 3.13. The highest BCUT2D eigenvalue weighted by atomic mass is 16.5. The Morgan fingerprint density at radius 1 is 1.29 bits per heavy atom. The van der Waals surface area contributed by atoms with Gasteiger partial charge in [-0.3, -0.25) is 0 Å². The van der Waals surface area contributed by atoms with E-state index in [2.05, 4.69) is 40.4 Å². The van der Waals surface area contributed by atoms with Crippen LogP contribution in [0.4, 0.5) is 0 Å². The van der Waals surface area contributed by atoms with Gasteiger partial charge in [-0.2, -0.15) is 0 Å². The van der Waals surface area contributed by atoms with Gasteiger partial charge in [-0.25, -0.2) is 0 Å². The highest BCUT2D eigenvalue weighted by Crippen LogP contribution is 2.38. The summed E-state index contributed by atoms with van der Waals surface area (Å²) in [5.41, 5.74) is -0.0403. The van der Waals surface area contributed by atoms with Crippen LogP contribution in [0.15, 0.2) is 6.33 Å². The van der Waals surface area contributed by atoms with E-state index < -0.39 is 0 Å². The van der Waals surface area contributed by atoms with Crippen LogP contribution in [0.2, 0.25) is 0 Å². The first-order chi connectivity index (χ1) is 10.0. The van der Waals surface area contributed by atoms with Crippen molar-refractivity contribution in [3.63, 3.8) is 0 Å². The fraction of sp³-hybridized carbons (Fsp3) is 0.875. The van der Waals surface area contributed by atoms with Crippen LogP contribution in [-0.2, 0) is 4.74 Å². The number of rotatable bonds is 5. The minimum atomic E-state index is -0.0403. The Morgan fingerprint density at radius 2 is 2.10 bits per heavy atom. The lowest BCUT2D eigenvalue weighted by molar-refractivity contribution is -0.0156. The van der Waals surface area contributed by atoms with E-state index in [1.54, 1.807) is 0 Å². The van der Waals surface area contributed by atoms with Gasteiger partial charge in [-0.15, -0.1) is 10.2 Å². The summed E-state index contributed by atoms with van der Waals surface area (Å²) in [6, 6.07) is 0.676. The molecular weight excluding hydrogens is 264 g/mol. The van der Waals surface area contributed by atoms with Gasteiger partial charge in [0.25, 0.3) is 0 Å². The zero-order valence-corrected chi connectivity index (χ0v) is 13.6. The summed E-state index contributed by atoms with van der Waals surface area (Å²) in [6.07, 6.45) is 7.00. The van der Waals surface area contributed by atoms with Crippen molar-refractivity contribution >= 4 is 0 Å². The zero-order valence-electron chi connectivity index (χ0n) is 13.6. The Hall–Kier alpha value is -0.940. The molecule has 0 N–H and O–H groups in total. The maximum Gasteiger partial charge on any atom is 0.137 e. The number of ether oxygens (including phenoxy) is 1. The van der Waals surface area contributed by atoms with Crippen molar-refractivity contribution in [3.05, 3.63) is 12.2 Å². The van der Waals surface area contributed by atoms with Crippen molar-refractivity contribution in [2.45, 2.75) is 64.0 Å². The first-order valence-electron chi connectivity index (χ1n) is 8.28. The van der Waals surface area contributed by atoms with Gasteiger partial charge in [0.15, 0.2) is 0 Å². The van der Waals surface area contributed by atoms with E-state index in [0.717, 1.165) is 19.7 Å². The van der Waals surface area contributed by atoms with Crippen LogP contribution in [0.25, 0.3) is 0 Å². The monoisotopic (exact) mass is 292 g/mol. The molecule has 1 aliphatic carbocycles. The van der Waals surface area contributed by atoms with Crippen LogP contribution in [0.5, 0.6) is 0 Å². The lowest BCUT2D eigenvalue weighted by atomic mass is 9.97. The van der Waals surface area contributed by atoms with Crippen molar-refractivity contribution in [2.24, 2.45) is 0 Å². The highest BCUT2D eigenvalue weighted by molar-refractivity contribution is 5.03. The lowest BCUT2D eigenvalue weighted by Gasteiger charge is -2.33. The van der Waals surface area contributed by atoms with Gasteiger partial charge < -0.3 is 14.2 Å². The van der Waals surface area contributed by atoms with E-state index in [1.807, 2.05) is 6.33 Å². The molecule has 118 valence electrons. The predicted octanol–water partition coefficient (Wildman–Crippen LogP) is 2.61. The average Bonchev–Trinajstić information content (AvgIpc) is 3.15. The maximum absolute atomic E-state index is 5.86. The normalized spacial score (nSPS) is 24.4. The molecule has 3 rings (SSSR count). The number of piperidine rings is 1. The highest BCUT2D eigenvalue weighted by Gasteiger charge is 2.31. The minimum absolute atomic E-state index is 0.0403. The zero-order chi connectivity index (χ0) is 14.9. The smallest absolute Gasteiger partial charge is 0.137 e. The minimum Gasteiger partial charge on any atom is -0.375 e. The molecule has 2 aliphatic rings. The predicted molar refractivity (Wildman–Crippen MR) is 82.4 cm³/mol. The molecule has 0 bridgehead atoms. The van der Waals surface area contributed by atoms with Crippen LogP contribution in [0.1, 0.15) is 64.2 Å². The Balaban J connectivity index is 1.54. The number of nitrogens with zero attached hydrogens (tertiary/aromatic N) is 4. The van der Waals surface area contributed by atoms with Crippen LogP contribution in [-0.4, -0.2) is 51.5 Å². The molecule has 1 saturated heterocycles. The van der Waals surface area contributed by atoms with Gasteiger partial charge in [0.1, 0.15) is 12.2 Å². The van der Waals surface area contributed by atoms with Gasteiger partial charge in [0.2, 0.25) is 0 Å². The molecule has 1 atom stereocenters. The second-order valence-electron chi connectivity index (χ2n) is 7.43. The van der Waals surface area contributed by atoms with Crippen LogP contribution in [0.3, 0.4) is 0 Å². The number of hydrogen-bond donors (Lipinski definition) is 0. The van der Waals surface area contributed by atoms with Crippen LogP contribution in [0, 0.1) is 0 Å². The van der Waals surface area contributed by atoms with Crippen molar-refractivity contribution in [1.29, 1.82) is 0 Å². The molecule has 5 nitrogen and oxygen atoms in total. The Kier molecular flexibility index (Phi) is 4.31. The van der Waals surface area contributed by atoms with Crippen molar-refractivity contribution in [3.8, 4) is 0 Å². The molecule has 1 saturated carbocycles. The van der Waals surface area contributed by atoms with Crippen molar-refractivity contribution in [1.82, 2.24) is 19.7 Å². The molecule has 0 radical (unpaired) electrons. The van der Waals surface area contributed by atoms with Gasteiger partial charge in [0.05, 0.1) is 12.2 Å². The SMILES string of the molecule is CC(C)(C)OCCN1CCC[C@H](c2nncn2C2CC2)C1. The van der Waals surface area contributed by atoms with Gasteiger partial charge >= 0.3 is 0 Å².